The number of carbonyl (C=O) groups excluding carboxylic acids is 1. The van der Waals surface area contributed by atoms with Gasteiger partial charge in [-0.05, 0) is 49.4 Å². The molecule has 1 heterocycles. The Kier molecular flexibility index (Phi) is 6.55. The molecule has 28 heavy (non-hydrogen) atoms. The Morgan fingerprint density at radius 2 is 1.82 bits per heavy atom. The summed E-state index contributed by atoms with van der Waals surface area (Å²) < 4.78 is 15.2. The van der Waals surface area contributed by atoms with Gasteiger partial charge in [-0.1, -0.05) is 18.2 Å². The van der Waals surface area contributed by atoms with Gasteiger partial charge in [-0.3, -0.25) is 4.79 Å². The quantitative estimate of drug-likeness (QED) is 0.607. The maximum Gasteiger partial charge on any atom is 0.222 e. The summed E-state index contributed by atoms with van der Waals surface area (Å²) in [4.78, 5) is 13.3. The smallest absolute Gasteiger partial charge is 0.222 e. The molecule has 0 saturated heterocycles. The van der Waals surface area contributed by atoms with Crippen molar-refractivity contribution in [1.82, 2.24) is 20.0 Å². The van der Waals surface area contributed by atoms with Crippen molar-refractivity contribution < 1.29 is 9.18 Å². The van der Waals surface area contributed by atoms with E-state index in [2.05, 4.69) is 5.32 Å². The molecule has 0 fully saturated rings. The fourth-order valence-corrected chi connectivity index (χ4v) is 2.91. The van der Waals surface area contributed by atoms with Crippen LogP contribution in [0.5, 0.6) is 0 Å². The van der Waals surface area contributed by atoms with Crippen molar-refractivity contribution in [3.63, 3.8) is 0 Å². The first-order chi connectivity index (χ1) is 13.5. The highest BCUT2D eigenvalue weighted by Crippen LogP contribution is 2.24. The Morgan fingerprint density at radius 3 is 2.50 bits per heavy atom. The number of hydrogen-bond acceptors (Lipinski definition) is 3. The highest BCUT2D eigenvalue weighted by molar-refractivity contribution is 5.75. The van der Waals surface area contributed by atoms with Crippen molar-refractivity contribution in [2.45, 2.75) is 19.4 Å². The molecule has 0 aliphatic heterocycles. The van der Waals surface area contributed by atoms with Crippen LogP contribution in [0, 0.1) is 5.82 Å². The van der Waals surface area contributed by atoms with Crippen LogP contribution in [0.4, 0.5) is 4.39 Å². The van der Waals surface area contributed by atoms with Crippen molar-refractivity contribution in [3.05, 3.63) is 72.2 Å². The van der Waals surface area contributed by atoms with E-state index in [1.807, 2.05) is 41.2 Å². The minimum atomic E-state index is -0.267. The van der Waals surface area contributed by atoms with Gasteiger partial charge in [0.2, 0.25) is 5.91 Å². The minimum absolute atomic E-state index is 0.130. The molecule has 3 rings (SSSR count). The highest BCUT2D eigenvalue weighted by Gasteiger charge is 2.12. The van der Waals surface area contributed by atoms with Gasteiger partial charge in [-0.2, -0.15) is 5.10 Å². The van der Waals surface area contributed by atoms with E-state index in [9.17, 15) is 9.18 Å². The Bertz CT molecular complexity index is 904. The molecule has 1 aromatic heterocycles. The molecule has 0 unspecified atom stereocenters. The van der Waals surface area contributed by atoms with Crippen molar-refractivity contribution >= 4 is 5.91 Å². The van der Waals surface area contributed by atoms with Crippen molar-refractivity contribution in [2.75, 3.05) is 20.6 Å². The van der Waals surface area contributed by atoms with Crippen LogP contribution in [0.1, 0.15) is 18.4 Å². The van der Waals surface area contributed by atoms with Crippen molar-refractivity contribution in [1.29, 1.82) is 0 Å². The summed E-state index contributed by atoms with van der Waals surface area (Å²) in [6.45, 7) is 1.36. The molecule has 0 aliphatic carbocycles. The first-order valence-electron chi connectivity index (χ1n) is 9.35. The zero-order valence-electron chi connectivity index (χ0n) is 16.2. The summed E-state index contributed by atoms with van der Waals surface area (Å²) in [5.41, 5.74) is 3.68. The van der Waals surface area contributed by atoms with Gasteiger partial charge in [0.05, 0.1) is 11.4 Å². The number of halogens is 1. The Morgan fingerprint density at radius 1 is 1.11 bits per heavy atom. The summed E-state index contributed by atoms with van der Waals surface area (Å²) in [7, 11) is 3.53. The fraction of sp³-hybridized carbons (Fsp3) is 0.273. The van der Waals surface area contributed by atoms with E-state index in [0.29, 0.717) is 13.0 Å². The SMILES string of the molecule is CN(C)C(=O)CCCNCc1cn(-c2ccccc2)nc1-c1ccc(F)cc1. The molecule has 5 nitrogen and oxygen atoms in total. The molecule has 0 bridgehead atoms. The number of nitrogens with zero attached hydrogens (tertiary/aromatic N) is 3. The summed E-state index contributed by atoms with van der Waals surface area (Å²) in [6.07, 6.45) is 3.29. The van der Waals surface area contributed by atoms with Crippen LogP contribution in [0.15, 0.2) is 60.8 Å². The lowest BCUT2D eigenvalue weighted by molar-refractivity contribution is -0.128. The number of hydrogen-bond donors (Lipinski definition) is 1. The second kappa shape index (κ2) is 9.28. The normalized spacial score (nSPS) is 10.8. The van der Waals surface area contributed by atoms with Crippen molar-refractivity contribution in [2.24, 2.45) is 0 Å². The number of rotatable bonds is 8. The highest BCUT2D eigenvalue weighted by atomic mass is 19.1. The average Bonchev–Trinajstić information content (AvgIpc) is 3.13. The molecule has 1 amide bonds. The maximum absolute atomic E-state index is 13.3. The molecular weight excluding hydrogens is 355 g/mol. The zero-order valence-corrected chi connectivity index (χ0v) is 16.2. The fourth-order valence-electron chi connectivity index (χ4n) is 2.91. The molecule has 146 valence electrons. The van der Waals surface area contributed by atoms with Crippen LogP contribution in [-0.2, 0) is 11.3 Å². The van der Waals surface area contributed by atoms with Crippen LogP contribution >= 0.6 is 0 Å². The third-order valence-electron chi connectivity index (χ3n) is 4.49. The lowest BCUT2D eigenvalue weighted by atomic mass is 10.1. The molecule has 0 aliphatic rings. The third-order valence-corrected chi connectivity index (χ3v) is 4.49. The van der Waals surface area contributed by atoms with Crippen LogP contribution in [0.25, 0.3) is 16.9 Å². The average molecular weight is 380 g/mol. The summed E-state index contributed by atoms with van der Waals surface area (Å²) in [5.74, 6) is -0.137. The van der Waals surface area contributed by atoms with Gasteiger partial charge in [-0.25, -0.2) is 9.07 Å². The van der Waals surface area contributed by atoms with E-state index in [0.717, 1.165) is 35.5 Å². The van der Waals surface area contributed by atoms with E-state index in [1.165, 1.54) is 12.1 Å². The van der Waals surface area contributed by atoms with Gasteiger partial charge in [0.15, 0.2) is 0 Å². The number of amides is 1. The molecule has 6 heteroatoms. The zero-order chi connectivity index (χ0) is 19.9. The second-order valence-electron chi connectivity index (χ2n) is 6.86. The van der Waals surface area contributed by atoms with Gasteiger partial charge < -0.3 is 10.2 Å². The third kappa shape index (κ3) is 5.04. The number of carbonyl (C=O) groups is 1. The molecular formula is C22H25FN4O. The molecule has 3 aromatic rings. The van der Waals surface area contributed by atoms with E-state index >= 15 is 0 Å². The maximum atomic E-state index is 13.3. The first kappa shape index (κ1) is 19.8. The molecule has 0 spiro atoms. The van der Waals surface area contributed by atoms with Crippen molar-refractivity contribution in [3.8, 4) is 16.9 Å². The topological polar surface area (TPSA) is 50.2 Å². The molecule has 1 N–H and O–H groups in total. The van der Waals surface area contributed by atoms with E-state index in [4.69, 9.17) is 5.10 Å². The minimum Gasteiger partial charge on any atom is -0.349 e. The predicted octanol–water partition coefficient (Wildman–Crippen LogP) is 3.64. The van der Waals surface area contributed by atoms with Crippen LogP contribution < -0.4 is 5.32 Å². The first-order valence-corrected chi connectivity index (χ1v) is 9.35. The van der Waals surface area contributed by atoms with Gasteiger partial charge in [0, 0.05) is 44.4 Å². The number of aromatic nitrogens is 2. The van der Waals surface area contributed by atoms with E-state index in [1.54, 1.807) is 31.1 Å². The summed E-state index contributed by atoms with van der Waals surface area (Å²) in [5, 5.41) is 8.11. The predicted molar refractivity (Wildman–Crippen MR) is 109 cm³/mol. The second-order valence-corrected chi connectivity index (χ2v) is 6.86. The lowest BCUT2D eigenvalue weighted by Gasteiger charge is -2.10. The molecule has 0 saturated carbocycles. The number of nitrogens with one attached hydrogen (secondary N) is 1. The van der Waals surface area contributed by atoms with Crippen LogP contribution in [0.2, 0.25) is 0 Å². The lowest BCUT2D eigenvalue weighted by Crippen LogP contribution is -2.23. The Hall–Kier alpha value is -2.99. The largest absolute Gasteiger partial charge is 0.349 e. The molecule has 0 radical (unpaired) electrons. The van der Waals surface area contributed by atoms with E-state index in [-0.39, 0.29) is 11.7 Å². The summed E-state index contributed by atoms with van der Waals surface area (Å²) >= 11 is 0. The summed E-state index contributed by atoms with van der Waals surface area (Å²) in [6, 6.07) is 16.3. The van der Waals surface area contributed by atoms with Gasteiger partial charge in [0.1, 0.15) is 5.82 Å². The van der Waals surface area contributed by atoms with Gasteiger partial charge in [-0.15, -0.1) is 0 Å². The standard InChI is InChI=1S/C22H25FN4O/c1-26(2)21(28)9-6-14-24-15-18-16-27(20-7-4-3-5-8-20)25-22(18)17-10-12-19(23)13-11-17/h3-5,7-8,10-13,16,24H,6,9,14-15H2,1-2H3. The molecule has 2 aromatic carbocycles. The Labute approximate surface area is 164 Å². The number of benzene rings is 2. The van der Waals surface area contributed by atoms with E-state index < -0.39 is 0 Å². The number of para-hydroxylation sites is 1. The van der Waals surface area contributed by atoms with Crippen LogP contribution in [0.3, 0.4) is 0 Å². The Balaban J connectivity index is 1.74. The molecule has 0 atom stereocenters. The van der Waals surface area contributed by atoms with Gasteiger partial charge in [0.25, 0.3) is 0 Å². The van der Waals surface area contributed by atoms with Crippen LogP contribution in [-0.4, -0.2) is 41.2 Å². The van der Waals surface area contributed by atoms with Gasteiger partial charge >= 0.3 is 0 Å². The monoisotopic (exact) mass is 380 g/mol.